The number of thiazole rings is 1. The Balaban J connectivity index is 0.664. The summed E-state index contributed by atoms with van der Waals surface area (Å²) < 4.78 is 34.3. The van der Waals surface area contributed by atoms with E-state index in [-0.39, 0.29) is 49.7 Å². The minimum Gasteiger partial charge on any atom is -0.391 e. The number of nitrogens with zero attached hydrogens (tertiary/aromatic N) is 7. The third-order valence-corrected chi connectivity index (χ3v) is 16.7. The van der Waals surface area contributed by atoms with Gasteiger partial charge in [0.15, 0.2) is 0 Å². The summed E-state index contributed by atoms with van der Waals surface area (Å²) in [6.07, 6.45) is -0.733. The number of aromatic nitrogens is 3. The highest BCUT2D eigenvalue weighted by Crippen LogP contribution is 2.41. The van der Waals surface area contributed by atoms with Gasteiger partial charge in [0.1, 0.15) is 23.4 Å². The zero-order valence-corrected chi connectivity index (χ0v) is 47.2. The second-order valence-corrected chi connectivity index (χ2v) is 23.9. The molecule has 5 aromatic rings. The van der Waals surface area contributed by atoms with Crippen LogP contribution in [0.4, 0.5) is 16.0 Å². The molecule has 3 amide bonds. The Labute approximate surface area is 460 Å². The lowest BCUT2D eigenvalue weighted by Gasteiger charge is -2.56. The molecule has 6 heterocycles. The van der Waals surface area contributed by atoms with E-state index in [9.17, 15) is 23.9 Å². The fraction of sp³-hybridized carbons (Fsp3) is 0.561. The zero-order chi connectivity index (χ0) is 54.6. The minimum absolute atomic E-state index is 0.00635. The Morgan fingerprint density at radius 3 is 2.19 bits per heavy atom. The van der Waals surface area contributed by atoms with Gasteiger partial charge in [0.05, 0.1) is 85.6 Å². The van der Waals surface area contributed by atoms with Gasteiger partial charge in [0.25, 0.3) is 0 Å². The molecule has 0 bridgehead atoms. The summed E-state index contributed by atoms with van der Waals surface area (Å²) in [5.41, 5.74) is 9.64. The Bertz CT molecular complexity index is 2850. The van der Waals surface area contributed by atoms with Crippen molar-refractivity contribution in [3.05, 3.63) is 92.8 Å². The molecule has 17 nitrogen and oxygen atoms in total. The maximum atomic E-state index is 14.6. The fourth-order valence-corrected chi connectivity index (χ4v) is 12.1. The molecule has 20 heteroatoms. The molecular weight excluding hydrogens is 1020 g/mol. The normalized spacial score (nSPS) is 19.4. The van der Waals surface area contributed by atoms with E-state index in [1.807, 2.05) is 103 Å². The first kappa shape index (κ1) is 56.5. The average molecular weight is 1100 g/mol. The second kappa shape index (κ2) is 24.4. The molecule has 416 valence electrons. The van der Waals surface area contributed by atoms with E-state index in [2.05, 4.69) is 40.2 Å². The number of hydrogen-bond acceptors (Lipinski definition) is 14. The number of likely N-dealkylation sites (tertiary alicyclic amines) is 1. The number of aliphatic hydroxyl groups is 1. The summed E-state index contributed by atoms with van der Waals surface area (Å²) >= 11 is 8.45. The van der Waals surface area contributed by atoms with Crippen molar-refractivity contribution in [3.63, 3.8) is 0 Å². The van der Waals surface area contributed by atoms with E-state index >= 15 is 0 Å². The molecule has 4 saturated heterocycles. The quantitative estimate of drug-likeness (QED) is 0.0571. The van der Waals surface area contributed by atoms with Gasteiger partial charge in [-0.2, -0.15) is 0 Å². The standard InChI is InChI=1S/C57H76ClFN10O7S/c1-36-24-40(25-37(2)49(36)59)29-69-46-27-43(58)26-45(50(46)64-55(69)67-33-57(34-67)31-60-32-57)66-15-13-65(14-16-66)17-19-75-21-23-76-22-20-74-18-12-48(71)63-52(56(5,6)7)54(73)68-30-44(70)28-47(68)53(72)62-38(3)41-8-10-42(11-9-41)51-39(4)61-35-77-51/h8-11,24-27,35,38,44,47,52,60,70H,12-23,28-34H2,1-7H3,(H,62,72)(H,63,71). The highest BCUT2D eigenvalue weighted by molar-refractivity contribution is 7.13. The van der Waals surface area contributed by atoms with Crippen LogP contribution >= 0.6 is 22.9 Å². The van der Waals surface area contributed by atoms with Crippen molar-refractivity contribution in [1.82, 2.24) is 40.3 Å². The van der Waals surface area contributed by atoms with Crippen LogP contribution in [0.3, 0.4) is 0 Å². The van der Waals surface area contributed by atoms with Crippen LogP contribution in [-0.4, -0.2) is 170 Å². The van der Waals surface area contributed by atoms with Crippen LogP contribution in [-0.2, 0) is 35.1 Å². The number of aliphatic hydroxyl groups excluding tert-OH is 1. The molecule has 1 spiro atoms. The Morgan fingerprint density at radius 1 is 0.909 bits per heavy atom. The topological polar surface area (TPSA) is 179 Å². The van der Waals surface area contributed by atoms with Gasteiger partial charge in [0.2, 0.25) is 23.7 Å². The molecule has 4 N–H and O–H groups in total. The number of imidazole rings is 1. The number of halogens is 2. The summed E-state index contributed by atoms with van der Waals surface area (Å²) in [5.74, 6) is -0.357. The molecule has 0 aliphatic carbocycles. The molecule has 0 saturated carbocycles. The molecule has 9 rings (SSSR count). The number of rotatable bonds is 22. The number of piperazine rings is 1. The molecule has 3 aromatic carbocycles. The number of anilines is 2. The SMILES string of the molecule is Cc1cc(Cn2c(N3CC4(CNC4)C3)nc3c(N4CCN(CCOCCOCCOCCC(=O)NC(C(=O)N5CC(O)CC5C(=O)NC(C)c5ccc(-c6scnc6C)cc5)C(C)(C)C)CC4)cc(Cl)cc32)cc(C)c1F. The van der Waals surface area contributed by atoms with Gasteiger partial charge in [-0.1, -0.05) is 68.8 Å². The molecule has 4 fully saturated rings. The maximum absolute atomic E-state index is 14.6. The van der Waals surface area contributed by atoms with Gasteiger partial charge in [-0.15, -0.1) is 11.3 Å². The van der Waals surface area contributed by atoms with Crippen molar-refractivity contribution >= 4 is 63.3 Å². The highest BCUT2D eigenvalue weighted by Gasteiger charge is 2.49. The summed E-state index contributed by atoms with van der Waals surface area (Å²) in [6, 6.07) is 13.7. The number of nitrogens with one attached hydrogen (secondary N) is 3. The Kier molecular flexibility index (Phi) is 17.9. The Morgan fingerprint density at radius 2 is 1.57 bits per heavy atom. The third-order valence-electron chi connectivity index (χ3n) is 15.5. The summed E-state index contributed by atoms with van der Waals surface area (Å²) in [5, 5.41) is 20.7. The average Bonchev–Trinajstić information content (AvgIpc) is 4.31. The monoisotopic (exact) mass is 1100 g/mol. The predicted molar refractivity (Wildman–Crippen MR) is 299 cm³/mol. The number of hydrogen-bond donors (Lipinski definition) is 4. The molecule has 4 aliphatic heterocycles. The molecular formula is C57H76ClFN10O7S. The van der Waals surface area contributed by atoms with Crippen molar-refractivity contribution in [2.24, 2.45) is 10.8 Å². The van der Waals surface area contributed by atoms with E-state index in [1.165, 1.54) is 4.90 Å². The highest BCUT2D eigenvalue weighted by atomic mass is 35.5. The summed E-state index contributed by atoms with van der Waals surface area (Å²) in [6.45, 7) is 24.0. The van der Waals surface area contributed by atoms with Crippen molar-refractivity contribution in [3.8, 4) is 10.4 Å². The Hall–Kier alpha value is -5.25. The van der Waals surface area contributed by atoms with E-state index < -0.39 is 29.5 Å². The summed E-state index contributed by atoms with van der Waals surface area (Å²) in [7, 11) is 0. The number of aryl methyl sites for hydroxylation is 3. The minimum atomic E-state index is -0.932. The van der Waals surface area contributed by atoms with Gasteiger partial charge in [-0.25, -0.2) is 14.4 Å². The maximum Gasteiger partial charge on any atom is 0.246 e. The number of amides is 3. The second-order valence-electron chi connectivity index (χ2n) is 22.6. The van der Waals surface area contributed by atoms with Gasteiger partial charge in [-0.3, -0.25) is 19.3 Å². The first-order valence-corrected chi connectivity index (χ1v) is 28.3. The van der Waals surface area contributed by atoms with E-state index in [0.717, 1.165) is 109 Å². The van der Waals surface area contributed by atoms with E-state index in [0.29, 0.717) is 61.1 Å². The summed E-state index contributed by atoms with van der Waals surface area (Å²) in [4.78, 5) is 60.3. The van der Waals surface area contributed by atoms with E-state index in [1.54, 1.807) is 11.3 Å². The lowest BCUT2D eigenvalue weighted by molar-refractivity contribution is -0.144. The lowest BCUT2D eigenvalue weighted by Crippen LogP contribution is -2.71. The molecule has 4 atom stereocenters. The van der Waals surface area contributed by atoms with Crippen LogP contribution in [0, 0.1) is 37.4 Å². The van der Waals surface area contributed by atoms with Gasteiger partial charge in [0, 0.05) is 88.7 Å². The number of benzene rings is 3. The largest absolute Gasteiger partial charge is 0.391 e. The van der Waals surface area contributed by atoms with Gasteiger partial charge in [-0.05, 0) is 73.1 Å². The zero-order valence-electron chi connectivity index (χ0n) is 45.6. The van der Waals surface area contributed by atoms with Gasteiger partial charge >= 0.3 is 0 Å². The molecule has 2 aromatic heterocycles. The fourth-order valence-electron chi connectivity index (χ4n) is 11.1. The van der Waals surface area contributed by atoms with Crippen LogP contribution < -0.4 is 25.8 Å². The van der Waals surface area contributed by atoms with Crippen LogP contribution in [0.15, 0.2) is 54.0 Å². The number of β-amino-alcohol motifs (C(OH)–C–C–N with tert-alkyl or cyclic N) is 1. The molecule has 0 radical (unpaired) electrons. The van der Waals surface area contributed by atoms with Crippen molar-refractivity contribution < 1.29 is 38.1 Å². The number of carbonyl (C=O) groups is 3. The van der Waals surface area contributed by atoms with Crippen LogP contribution in [0.2, 0.25) is 5.02 Å². The third kappa shape index (κ3) is 13.3. The van der Waals surface area contributed by atoms with Crippen molar-refractivity contribution in [2.45, 2.75) is 92.1 Å². The molecule has 77 heavy (non-hydrogen) atoms. The van der Waals surface area contributed by atoms with Gasteiger partial charge < -0.3 is 54.5 Å². The van der Waals surface area contributed by atoms with Crippen LogP contribution in [0.1, 0.15) is 74.5 Å². The number of ether oxygens (including phenoxy) is 3. The molecule has 4 aliphatic rings. The first-order chi connectivity index (χ1) is 36.9. The molecule has 4 unspecified atom stereocenters. The number of carbonyl (C=O) groups excluding carboxylic acids is 3. The lowest BCUT2D eigenvalue weighted by atomic mass is 9.75. The van der Waals surface area contributed by atoms with Crippen molar-refractivity contribution in [2.75, 3.05) is 115 Å². The first-order valence-electron chi connectivity index (χ1n) is 27.1. The van der Waals surface area contributed by atoms with Crippen LogP contribution in [0.5, 0.6) is 0 Å². The number of fused-ring (bicyclic) bond motifs is 1. The van der Waals surface area contributed by atoms with E-state index in [4.69, 9.17) is 30.8 Å². The van der Waals surface area contributed by atoms with Crippen molar-refractivity contribution in [1.29, 1.82) is 0 Å². The predicted octanol–water partition coefficient (Wildman–Crippen LogP) is 6.27. The van der Waals surface area contributed by atoms with Crippen LogP contribution in [0.25, 0.3) is 21.5 Å². The smallest absolute Gasteiger partial charge is 0.246 e.